The summed E-state index contributed by atoms with van der Waals surface area (Å²) in [6.07, 6.45) is 0. The molecule has 0 bridgehead atoms. The van der Waals surface area contributed by atoms with E-state index in [9.17, 15) is 9.59 Å². The number of nitrogens with two attached hydrogens (primary N) is 1. The maximum Gasteiger partial charge on any atom is 0.243 e. The van der Waals surface area contributed by atoms with Crippen molar-refractivity contribution in [3.05, 3.63) is 29.8 Å². The van der Waals surface area contributed by atoms with Crippen LogP contribution in [-0.4, -0.2) is 54.4 Å². The van der Waals surface area contributed by atoms with E-state index in [1.54, 1.807) is 0 Å². The lowest BCUT2D eigenvalue weighted by Gasteiger charge is -2.26. The molecule has 7 heteroatoms. The molecule has 0 unspecified atom stereocenters. The molecule has 0 atom stereocenters. The van der Waals surface area contributed by atoms with Crippen LogP contribution in [0.3, 0.4) is 0 Å². The van der Waals surface area contributed by atoms with E-state index in [-0.39, 0.29) is 24.9 Å². The van der Waals surface area contributed by atoms with Gasteiger partial charge in [0.25, 0.3) is 0 Å². The van der Waals surface area contributed by atoms with Gasteiger partial charge in [-0.3, -0.25) is 14.5 Å². The first-order valence-corrected chi connectivity index (χ1v) is 8.48. The number of benzene rings is 1. The molecule has 1 aromatic rings. The van der Waals surface area contributed by atoms with Crippen molar-refractivity contribution in [2.24, 2.45) is 5.73 Å². The summed E-state index contributed by atoms with van der Waals surface area (Å²) in [4.78, 5) is 25.2. The number of rotatable bonds is 6. The zero-order valence-electron chi connectivity index (χ0n) is 12.5. The zero-order valence-corrected chi connectivity index (χ0v) is 13.3. The Hall–Kier alpha value is -1.57. The van der Waals surface area contributed by atoms with Crippen molar-refractivity contribution in [3.63, 3.8) is 0 Å². The fraction of sp³-hybridized carbons (Fsp3) is 0.467. The summed E-state index contributed by atoms with van der Waals surface area (Å²) in [7, 11) is 0. The highest BCUT2D eigenvalue weighted by Gasteiger charge is 2.11. The average Bonchev–Trinajstić information content (AvgIpc) is 2.54. The first kappa shape index (κ1) is 16.8. The average molecular weight is 322 g/mol. The minimum Gasteiger partial charge on any atom is -0.346 e. The first-order valence-electron chi connectivity index (χ1n) is 7.33. The number of nitrogens with zero attached hydrogens (tertiary/aromatic N) is 1. The molecule has 0 aliphatic carbocycles. The number of carbonyl (C=O) groups is 2. The molecule has 2 rings (SSSR count). The third-order valence-corrected chi connectivity index (χ3v) is 4.29. The normalized spacial score (nSPS) is 15.3. The molecule has 1 aromatic carbocycles. The van der Waals surface area contributed by atoms with Crippen molar-refractivity contribution in [3.8, 4) is 0 Å². The second-order valence-corrected chi connectivity index (χ2v) is 6.34. The van der Waals surface area contributed by atoms with Crippen molar-refractivity contribution in [2.45, 2.75) is 6.54 Å². The molecule has 4 N–H and O–H groups in total. The van der Waals surface area contributed by atoms with Crippen LogP contribution in [0.4, 0.5) is 5.69 Å². The Morgan fingerprint density at radius 3 is 2.73 bits per heavy atom. The smallest absolute Gasteiger partial charge is 0.243 e. The zero-order chi connectivity index (χ0) is 15.8. The molecule has 2 amide bonds. The van der Waals surface area contributed by atoms with Gasteiger partial charge < -0.3 is 16.4 Å². The van der Waals surface area contributed by atoms with Gasteiger partial charge in [0.2, 0.25) is 11.8 Å². The largest absolute Gasteiger partial charge is 0.346 e. The highest BCUT2D eigenvalue weighted by molar-refractivity contribution is 7.99. The van der Waals surface area contributed by atoms with E-state index in [1.807, 2.05) is 30.0 Å². The van der Waals surface area contributed by atoms with Gasteiger partial charge in [0, 0.05) is 36.8 Å². The molecule has 1 heterocycles. The minimum absolute atomic E-state index is 0.0659. The molecule has 0 saturated carbocycles. The van der Waals surface area contributed by atoms with Gasteiger partial charge in [-0.25, -0.2) is 0 Å². The Balaban J connectivity index is 1.85. The lowest BCUT2D eigenvalue weighted by Crippen LogP contribution is -2.36. The second kappa shape index (κ2) is 8.77. The number of amides is 2. The molecule has 120 valence electrons. The maximum absolute atomic E-state index is 11.8. The van der Waals surface area contributed by atoms with Crippen LogP contribution in [0, 0.1) is 0 Å². The van der Waals surface area contributed by atoms with Crippen LogP contribution >= 0.6 is 11.8 Å². The molecule has 1 fully saturated rings. The van der Waals surface area contributed by atoms with Crippen LogP contribution in [0.1, 0.15) is 5.56 Å². The third-order valence-electron chi connectivity index (χ3n) is 3.35. The van der Waals surface area contributed by atoms with Crippen LogP contribution < -0.4 is 16.4 Å². The van der Waals surface area contributed by atoms with Gasteiger partial charge in [0.05, 0.1) is 13.1 Å². The van der Waals surface area contributed by atoms with E-state index < -0.39 is 0 Å². The summed E-state index contributed by atoms with van der Waals surface area (Å²) in [5, 5.41) is 5.23. The molecule has 22 heavy (non-hydrogen) atoms. The first-order chi connectivity index (χ1) is 10.7. The van der Waals surface area contributed by atoms with Crippen LogP contribution in [0.15, 0.2) is 24.3 Å². The number of nitrogens with one attached hydrogen (secondary N) is 2. The minimum atomic E-state index is -0.341. The van der Waals surface area contributed by atoms with E-state index in [0.29, 0.717) is 0 Å². The molecular formula is C15H22N4O2S. The van der Waals surface area contributed by atoms with Gasteiger partial charge in [-0.1, -0.05) is 12.1 Å². The summed E-state index contributed by atoms with van der Waals surface area (Å²) >= 11 is 1.99. The van der Waals surface area contributed by atoms with Crippen molar-refractivity contribution in [1.82, 2.24) is 10.2 Å². The SMILES string of the molecule is NCC(=O)NCC(=O)Nc1cccc(CN2CCSCC2)c1. The van der Waals surface area contributed by atoms with Gasteiger partial charge in [-0.05, 0) is 17.7 Å². The van der Waals surface area contributed by atoms with Crippen LogP contribution in [0.2, 0.25) is 0 Å². The van der Waals surface area contributed by atoms with Gasteiger partial charge in [-0.2, -0.15) is 11.8 Å². The van der Waals surface area contributed by atoms with Crippen molar-refractivity contribution in [1.29, 1.82) is 0 Å². The van der Waals surface area contributed by atoms with Gasteiger partial charge in [0.1, 0.15) is 0 Å². The molecule has 1 aliphatic rings. The molecule has 1 aliphatic heterocycles. The highest BCUT2D eigenvalue weighted by atomic mass is 32.2. The van der Waals surface area contributed by atoms with Gasteiger partial charge in [0.15, 0.2) is 0 Å². The van der Waals surface area contributed by atoms with Gasteiger partial charge in [-0.15, -0.1) is 0 Å². The molecule has 1 saturated heterocycles. The standard InChI is InChI=1S/C15H22N4O2S/c16-9-14(20)17-10-15(21)18-13-3-1-2-12(8-13)11-19-4-6-22-7-5-19/h1-3,8H,4-7,9-11,16H2,(H,17,20)(H,18,21). The Labute approximate surface area is 134 Å². The van der Waals surface area contributed by atoms with E-state index in [1.165, 1.54) is 17.1 Å². The van der Waals surface area contributed by atoms with E-state index >= 15 is 0 Å². The van der Waals surface area contributed by atoms with Crippen molar-refractivity contribution < 1.29 is 9.59 Å². The second-order valence-electron chi connectivity index (χ2n) is 5.12. The summed E-state index contributed by atoms with van der Waals surface area (Å²) in [5.74, 6) is 1.76. The lowest BCUT2D eigenvalue weighted by atomic mass is 10.2. The fourth-order valence-corrected chi connectivity index (χ4v) is 3.20. The predicted molar refractivity (Wildman–Crippen MR) is 89.7 cm³/mol. The number of carbonyl (C=O) groups excluding carboxylic acids is 2. The molecule has 6 nitrogen and oxygen atoms in total. The Kier molecular flexibility index (Phi) is 6.70. The molecular weight excluding hydrogens is 300 g/mol. The Bertz CT molecular complexity index is 518. The highest BCUT2D eigenvalue weighted by Crippen LogP contribution is 2.16. The number of anilines is 1. The van der Waals surface area contributed by atoms with E-state index in [4.69, 9.17) is 5.73 Å². The van der Waals surface area contributed by atoms with Gasteiger partial charge >= 0.3 is 0 Å². The topological polar surface area (TPSA) is 87.5 Å². The summed E-state index contributed by atoms with van der Waals surface area (Å²) in [6, 6.07) is 7.82. The molecule has 0 radical (unpaired) electrons. The maximum atomic E-state index is 11.8. The Morgan fingerprint density at radius 1 is 1.23 bits per heavy atom. The summed E-state index contributed by atoms with van der Waals surface area (Å²) in [6.45, 7) is 2.92. The van der Waals surface area contributed by atoms with E-state index in [2.05, 4.69) is 21.6 Å². The van der Waals surface area contributed by atoms with Crippen molar-refractivity contribution in [2.75, 3.05) is 43.0 Å². The quantitative estimate of drug-likeness (QED) is 0.699. The number of hydrogen-bond acceptors (Lipinski definition) is 5. The fourth-order valence-electron chi connectivity index (χ4n) is 2.22. The number of thioether (sulfide) groups is 1. The van der Waals surface area contributed by atoms with Crippen molar-refractivity contribution >= 4 is 29.3 Å². The predicted octanol–water partition coefficient (Wildman–Crippen LogP) is 0.249. The summed E-state index contributed by atoms with van der Waals surface area (Å²) in [5.41, 5.74) is 7.09. The van der Waals surface area contributed by atoms with Crippen LogP contribution in [0.25, 0.3) is 0 Å². The Morgan fingerprint density at radius 2 is 2.00 bits per heavy atom. The summed E-state index contributed by atoms with van der Waals surface area (Å²) < 4.78 is 0. The lowest BCUT2D eigenvalue weighted by molar-refractivity contribution is -0.123. The monoisotopic (exact) mass is 322 g/mol. The third kappa shape index (κ3) is 5.67. The number of hydrogen-bond donors (Lipinski definition) is 3. The van der Waals surface area contributed by atoms with Crippen LogP contribution in [-0.2, 0) is 16.1 Å². The van der Waals surface area contributed by atoms with Crippen LogP contribution in [0.5, 0.6) is 0 Å². The van der Waals surface area contributed by atoms with E-state index in [0.717, 1.165) is 25.3 Å². The molecule has 0 spiro atoms. The molecule has 0 aromatic heterocycles.